The second-order valence-electron chi connectivity index (χ2n) is 9.12. The average Bonchev–Trinajstić information content (AvgIpc) is 2.74. The molecular weight excluding hydrogens is 539 g/mol. The number of hydrogen-bond acceptors (Lipinski definition) is 4. The van der Waals surface area contributed by atoms with Crippen LogP contribution < -0.4 is 5.32 Å². The fourth-order valence-corrected chi connectivity index (χ4v) is 4.59. The van der Waals surface area contributed by atoms with Gasteiger partial charge in [0.05, 0.1) is 11.1 Å². The zero-order chi connectivity index (χ0) is 25.0. The summed E-state index contributed by atoms with van der Waals surface area (Å²) in [6.45, 7) is 7.57. The number of carbonyl (C=O) groups is 2. The van der Waals surface area contributed by atoms with Gasteiger partial charge in [-0.15, -0.1) is 0 Å². The van der Waals surface area contributed by atoms with Crippen LogP contribution in [-0.4, -0.2) is 29.0 Å². The smallest absolute Gasteiger partial charge is 0.306 e. The molecule has 8 heteroatoms. The number of halogens is 3. The van der Waals surface area contributed by atoms with E-state index in [9.17, 15) is 9.59 Å². The van der Waals surface area contributed by atoms with Crippen molar-refractivity contribution in [3.63, 3.8) is 0 Å². The normalized spacial score (nSPS) is 12.4. The van der Waals surface area contributed by atoms with E-state index in [0.29, 0.717) is 40.0 Å². The predicted molar refractivity (Wildman–Crippen MR) is 141 cm³/mol. The van der Waals surface area contributed by atoms with Crippen LogP contribution in [0.25, 0.3) is 10.9 Å². The number of hydrogen-bond donors (Lipinski definition) is 1. The summed E-state index contributed by atoms with van der Waals surface area (Å²) in [4.78, 5) is 30.1. The number of rotatable bonds is 7. The van der Waals surface area contributed by atoms with E-state index in [4.69, 9.17) is 27.9 Å². The molecule has 0 bridgehead atoms. The first kappa shape index (κ1) is 26.5. The van der Waals surface area contributed by atoms with Crippen LogP contribution in [-0.2, 0) is 9.53 Å². The Kier molecular flexibility index (Phi) is 8.61. The number of nitrogens with one attached hydrogen (secondary N) is 1. The van der Waals surface area contributed by atoms with E-state index in [1.165, 1.54) is 0 Å². The quantitative estimate of drug-likeness (QED) is 0.242. The number of nitrogens with zero attached hydrogens (tertiary/aromatic N) is 1. The van der Waals surface area contributed by atoms with Gasteiger partial charge in [-0.3, -0.25) is 9.59 Å². The van der Waals surface area contributed by atoms with E-state index < -0.39 is 5.60 Å². The van der Waals surface area contributed by atoms with Gasteiger partial charge < -0.3 is 10.1 Å². The number of benzene rings is 2. The monoisotopic (exact) mass is 564 g/mol. The van der Waals surface area contributed by atoms with Crippen LogP contribution in [0.4, 0.5) is 0 Å². The topological polar surface area (TPSA) is 68.3 Å². The summed E-state index contributed by atoms with van der Waals surface area (Å²) in [7, 11) is 0. The molecule has 5 nitrogen and oxygen atoms in total. The Morgan fingerprint density at radius 1 is 1.15 bits per heavy atom. The number of ether oxygens (including phenoxy) is 1. The third-order valence-electron chi connectivity index (χ3n) is 5.33. The van der Waals surface area contributed by atoms with E-state index in [1.54, 1.807) is 13.0 Å². The van der Waals surface area contributed by atoms with Crippen molar-refractivity contribution in [3.8, 4) is 0 Å². The van der Waals surface area contributed by atoms with Crippen LogP contribution in [0.3, 0.4) is 0 Å². The molecule has 0 aliphatic carbocycles. The molecular formula is C26H27BrCl2N2O3. The summed E-state index contributed by atoms with van der Waals surface area (Å²) in [5.74, 6) is -0.733. The molecule has 1 amide bonds. The van der Waals surface area contributed by atoms with Gasteiger partial charge in [0.1, 0.15) is 10.8 Å². The van der Waals surface area contributed by atoms with Crippen molar-refractivity contribution in [1.29, 1.82) is 0 Å². The lowest BCUT2D eigenvalue weighted by Gasteiger charge is -2.22. The molecule has 34 heavy (non-hydrogen) atoms. The number of carbonyl (C=O) groups excluding carboxylic acids is 2. The van der Waals surface area contributed by atoms with Crippen molar-refractivity contribution in [2.75, 3.05) is 6.54 Å². The molecule has 0 radical (unpaired) electrons. The van der Waals surface area contributed by atoms with Gasteiger partial charge in [0.2, 0.25) is 0 Å². The maximum Gasteiger partial charge on any atom is 0.306 e. The molecule has 3 aromatic rings. The largest absolute Gasteiger partial charge is 0.460 e. The molecule has 1 atom stereocenters. The lowest BCUT2D eigenvalue weighted by atomic mass is 9.93. The van der Waals surface area contributed by atoms with Crippen molar-refractivity contribution >= 4 is 61.9 Å². The fraction of sp³-hybridized carbons (Fsp3) is 0.346. The molecule has 0 unspecified atom stereocenters. The van der Waals surface area contributed by atoms with Gasteiger partial charge >= 0.3 is 5.97 Å². The Morgan fingerprint density at radius 3 is 2.53 bits per heavy atom. The standard InChI is InChI=1S/C26H27BrCl2N2O3/c1-15-23(19-13-17(27)10-11-21(19)31-24(15)29)25(33)30-14-16(18-7-5-6-8-20(18)28)9-12-22(32)34-26(2,3)4/h5-8,10-11,13,16H,9,12,14H2,1-4H3,(H,30,33)/t16-/m0/s1. The molecule has 1 heterocycles. The minimum Gasteiger partial charge on any atom is -0.460 e. The summed E-state index contributed by atoms with van der Waals surface area (Å²) < 4.78 is 6.29. The van der Waals surface area contributed by atoms with Crippen LogP contribution in [0, 0.1) is 6.92 Å². The van der Waals surface area contributed by atoms with Gasteiger partial charge in [0.15, 0.2) is 0 Å². The minimum absolute atomic E-state index is 0.180. The summed E-state index contributed by atoms with van der Waals surface area (Å²) in [5.41, 5.74) is 2.02. The average molecular weight is 566 g/mol. The van der Waals surface area contributed by atoms with E-state index in [-0.39, 0.29) is 29.4 Å². The molecule has 1 aromatic heterocycles. The molecule has 0 saturated carbocycles. The molecule has 0 fully saturated rings. The SMILES string of the molecule is Cc1c(Cl)nc2ccc(Br)cc2c1C(=O)NC[C@H](CCC(=O)OC(C)(C)C)c1ccccc1Cl. The third kappa shape index (κ3) is 6.71. The Bertz CT molecular complexity index is 1220. The number of pyridine rings is 1. The molecule has 0 aliphatic rings. The predicted octanol–water partition coefficient (Wildman–Crippen LogP) is 7.25. The fourth-order valence-electron chi connectivity index (χ4n) is 3.76. The lowest BCUT2D eigenvalue weighted by molar-refractivity contribution is -0.155. The molecule has 3 rings (SSSR count). The number of esters is 1. The maximum absolute atomic E-state index is 13.4. The Hall–Kier alpha value is -2.15. The molecule has 0 saturated heterocycles. The lowest BCUT2D eigenvalue weighted by Crippen LogP contribution is -2.30. The zero-order valence-corrected chi connectivity index (χ0v) is 22.6. The van der Waals surface area contributed by atoms with Gasteiger partial charge in [-0.1, -0.05) is 57.3 Å². The maximum atomic E-state index is 13.4. The Morgan fingerprint density at radius 2 is 1.85 bits per heavy atom. The van der Waals surface area contributed by atoms with Crippen molar-refractivity contribution < 1.29 is 14.3 Å². The third-order valence-corrected chi connectivity index (χ3v) is 6.53. The number of fused-ring (bicyclic) bond motifs is 1. The van der Waals surface area contributed by atoms with Crippen molar-refractivity contribution in [3.05, 3.63) is 73.8 Å². The van der Waals surface area contributed by atoms with Gasteiger partial charge in [-0.2, -0.15) is 0 Å². The number of amides is 1. The first-order valence-electron chi connectivity index (χ1n) is 11.0. The Balaban J connectivity index is 1.85. The molecule has 2 aromatic carbocycles. The number of aromatic nitrogens is 1. The van der Waals surface area contributed by atoms with Crippen molar-refractivity contribution in [2.24, 2.45) is 0 Å². The highest BCUT2D eigenvalue weighted by molar-refractivity contribution is 9.10. The van der Waals surface area contributed by atoms with E-state index in [0.717, 1.165) is 10.0 Å². The van der Waals surface area contributed by atoms with Crippen LogP contribution in [0.1, 0.15) is 61.0 Å². The second kappa shape index (κ2) is 11.1. The highest BCUT2D eigenvalue weighted by Gasteiger charge is 2.23. The van der Waals surface area contributed by atoms with Gasteiger partial charge in [-0.25, -0.2) is 4.98 Å². The summed E-state index contributed by atoms with van der Waals surface area (Å²) in [6.07, 6.45) is 0.681. The summed E-state index contributed by atoms with van der Waals surface area (Å²) >= 11 is 16.2. The Labute approximate surface area is 218 Å². The first-order valence-corrected chi connectivity index (χ1v) is 12.5. The summed E-state index contributed by atoms with van der Waals surface area (Å²) in [6, 6.07) is 13.0. The van der Waals surface area contributed by atoms with Gasteiger partial charge in [0, 0.05) is 33.8 Å². The summed E-state index contributed by atoms with van der Waals surface area (Å²) in [5, 5.41) is 4.60. The first-order chi connectivity index (χ1) is 16.0. The minimum atomic E-state index is -0.557. The molecule has 180 valence electrons. The van der Waals surface area contributed by atoms with E-state index >= 15 is 0 Å². The molecule has 1 N–H and O–H groups in total. The van der Waals surface area contributed by atoms with Gasteiger partial charge in [0.25, 0.3) is 5.91 Å². The van der Waals surface area contributed by atoms with Crippen LogP contribution >= 0.6 is 39.1 Å². The zero-order valence-electron chi connectivity index (χ0n) is 19.5. The van der Waals surface area contributed by atoms with E-state index in [2.05, 4.69) is 26.2 Å². The van der Waals surface area contributed by atoms with Crippen LogP contribution in [0.15, 0.2) is 46.9 Å². The van der Waals surface area contributed by atoms with E-state index in [1.807, 2.05) is 57.2 Å². The van der Waals surface area contributed by atoms with Crippen LogP contribution in [0.5, 0.6) is 0 Å². The molecule has 0 spiro atoms. The van der Waals surface area contributed by atoms with Crippen molar-refractivity contribution in [2.45, 2.75) is 52.1 Å². The van der Waals surface area contributed by atoms with Crippen molar-refractivity contribution in [1.82, 2.24) is 10.3 Å². The molecule has 0 aliphatic heterocycles. The highest BCUT2D eigenvalue weighted by atomic mass is 79.9. The second-order valence-corrected chi connectivity index (χ2v) is 10.8. The highest BCUT2D eigenvalue weighted by Crippen LogP contribution is 2.30. The van der Waals surface area contributed by atoms with Crippen LogP contribution in [0.2, 0.25) is 10.2 Å². The van der Waals surface area contributed by atoms with Gasteiger partial charge in [-0.05, 0) is 69.5 Å².